The summed E-state index contributed by atoms with van der Waals surface area (Å²) >= 11 is 3.38. The third-order valence-corrected chi connectivity index (χ3v) is 3.58. The van der Waals surface area contributed by atoms with E-state index < -0.39 is 0 Å². The van der Waals surface area contributed by atoms with E-state index in [0.717, 1.165) is 23.4 Å². The lowest BCUT2D eigenvalue weighted by atomic mass is 10.1. The van der Waals surface area contributed by atoms with Gasteiger partial charge in [0, 0.05) is 6.20 Å². The molecule has 0 unspecified atom stereocenters. The van der Waals surface area contributed by atoms with Crippen molar-refractivity contribution < 1.29 is 4.74 Å². The molecule has 0 aromatic carbocycles. The van der Waals surface area contributed by atoms with E-state index in [9.17, 15) is 0 Å². The Morgan fingerprint density at radius 3 is 2.39 bits per heavy atom. The maximum Gasteiger partial charge on any atom is 0.152 e. The Hall–Kier alpha value is -0.570. The summed E-state index contributed by atoms with van der Waals surface area (Å²) in [6.07, 6.45) is 12.4. The number of nitrogens with zero attached hydrogens (tertiary/aromatic N) is 1. The van der Waals surface area contributed by atoms with Crippen LogP contribution < -0.4 is 4.74 Å². The van der Waals surface area contributed by atoms with Crippen LogP contribution >= 0.6 is 15.9 Å². The van der Waals surface area contributed by atoms with Crippen LogP contribution in [-0.4, -0.2) is 11.6 Å². The predicted octanol–water partition coefficient (Wildman–Crippen LogP) is 5.36. The standard InChI is InChI=1S/C15H24BrNO/c1-2-3-4-5-6-7-8-9-13-18-14-11-10-12-17-15(14)16/h10-12H,2-9,13H2,1H3. The summed E-state index contributed by atoms with van der Waals surface area (Å²) in [4.78, 5) is 4.13. The molecule has 0 radical (unpaired) electrons. The van der Waals surface area contributed by atoms with Crippen molar-refractivity contribution in [2.24, 2.45) is 0 Å². The van der Waals surface area contributed by atoms with Crippen molar-refractivity contribution in [3.63, 3.8) is 0 Å². The monoisotopic (exact) mass is 313 g/mol. The molecule has 0 aliphatic heterocycles. The first-order valence-electron chi connectivity index (χ1n) is 7.08. The molecule has 0 saturated heterocycles. The van der Waals surface area contributed by atoms with Gasteiger partial charge in [0.25, 0.3) is 0 Å². The van der Waals surface area contributed by atoms with Gasteiger partial charge in [0.15, 0.2) is 5.75 Å². The predicted molar refractivity (Wildman–Crippen MR) is 80.0 cm³/mol. The van der Waals surface area contributed by atoms with Crippen molar-refractivity contribution >= 4 is 15.9 Å². The first-order valence-corrected chi connectivity index (χ1v) is 7.87. The maximum atomic E-state index is 5.67. The second-order valence-corrected chi connectivity index (χ2v) is 5.37. The van der Waals surface area contributed by atoms with Gasteiger partial charge >= 0.3 is 0 Å². The third kappa shape index (κ3) is 7.00. The molecule has 0 bridgehead atoms. The van der Waals surface area contributed by atoms with Crippen LogP contribution in [0.25, 0.3) is 0 Å². The van der Waals surface area contributed by atoms with Crippen LogP contribution in [0.4, 0.5) is 0 Å². The SMILES string of the molecule is CCCCCCCCCCOc1cccnc1Br. The van der Waals surface area contributed by atoms with Crippen molar-refractivity contribution in [2.75, 3.05) is 6.61 Å². The third-order valence-electron chi connectivity index (χ3n) is 2.98. The number of hydrogen-bond acceptors (Lipinski definition) is 2. The average Bonchev–Trinajstić information content (AvgIpc) is 2.39. The molecule has 0 amide bonds. The number of hydrogen-bond donors (Lipinski definition) is 0. The molecule has 2 nitrogen and oxygen atoms in total. The van der Waals surface area contributed by atoms with Crippen LogP contribution in [0.3, 0.4) is 0 Å². The molecule has 0 fully saturated rings. The van der Waals surface area contributed by atoms with Crippen molar-refractivity contribution in [3.05, 3.63) is 22.9 Å². The highest BCUT2D eigenvalue weighted by atomic mass is 79.9. The van der Waals surface area contributed by atoms with Crippen molar-refractivity contribution in [1.29, 1.82) is 0 Å². The highest BCUT2D eigenvalue weighted by Crippen LogP contribution is 2.21. The van der Waals surface area contributed by atoms with E-state index in [2.05, 4.69) is 27.8 Å². The zero-order valence-electron chi connectivity index (χ0n) is 11.3. The Morgan fingerprint density at radius 1 is 1.06 bits per heavy atom. The van der Waals surface area contributed by atoms with Gasteiger partial charge in [-0.15, -0.1) is 0 Å². The highest BCUT2D eigenvalue weighted by molar-refractivity contribution is 9.10. The molecule has 1 aromatic rings. The Kier molecular flexibility index (Phi) is 8.92. The molecule has 0 aliphatic carbocycles. The summed E-state index contributed by atoms with van der Waals surface area (Å²) in [7, 11) is 0. The average molecular weight is 314 g/mol. The van der Waals surface area contributed by atoms with Crippen LogP contribution in [-0.2, 0) is 0 Å². The van der Waals surface area contributed by atoms with E-state index in [1.807, 2.05) is 12.1 Å². The van der Waals surface area contributed by atoms with Crippen molar-refractivity contribution in [2.45, 2.75) is 58.3 Å². The fourth-order valence-electron chi connectivity index (χ4n) is 1.90. The zero-order chi connectivity index (χ0) is 13.1. The van der Waals surface area contributed by atoms with Crippen molar-refractivity contribution in [1.82, 2.24) is 4.98 Å². The Bertz CT molecular complexity index is 317. The molecule has 1 aromatic heterocycles. The van der Waals surface area contributed by atoms with Gasteiger partial charge in [-0.2, -0.15) is 0 Å². The normalized spacial score (nSPS) is 10.6. The van der Waals surface area contributed by atoms with E-state index >= 15 is 0 Å². The summed E-state index contributed by atoms with van der Waals surface area (Å²) in [5.74, 6) is 0.848. The van der Waals surface area contributed by atoms with Crippen LogP contribution in [0.15, 0.2) is 22.9 Å². The van der Waals surface area contributed by atoms with Gasteiger partial charge in [0.2, 0.25) is 0 Å². The number of halogens is 1. The minimum Gasteiger partial charge on any atom is -0.491 e. The fourth-order valence-corrected chi connectivity index (χ4v) is 2.26. The largest absolute Gasteiger partial charge is 0.491 e. The fraction of sp³-hybridized carbons (Fsp3) is 0.667. The van der Waals surface area contributed by atoms with Gasteiger partial charge in [0.1, 0.15) is 4.60 Å². The quantitative estimate of drug-likeness (QED) is 0.428. The Morgan fingerprint density at radius 2 is 1.72 bits per heavy atom. The molecule has 0 saturated carbocycles. The topological polar surface area (TPSA) is 22.1 Å². The van der Waals surface area contributed by atoms with E-state index in [1.54, 1.807) is 6.20 Å². The second-order valence-electron chi connectivity index (χ2n) is 4.62. The molecule has 1 rings (SSSR count). The minimum atomic E-state index is 0.791. The Labute approximate surface area is 119 Å². The lowest BCUT2D eigenvalue weighted by molar-refractivity contribution is 0.301. The van der Waals surface area contributed by atoms with Crippen LogP contribution in [0.2, 0.25) is 0 Å². The summed E-state index contributed by atoms with van der Waals surface area (Å²) in [6, 6.07) is 3.84. The minimum absolute atomic E-state index is 0.791. The lowest BCUT2D eigenvalue weighted by Crippen LogP contribution is -1.98. The summed E-state index contributed by atoms with van der Waals surface area (Å²) in [6.45, 7) is 3.05. The second kappa shape index (κ2) is 10.4. The molecular weight excluding hydrogens is 290 g/mol. The van der Waals surface area contributed by atoms with Gasteiger partial charge in [-0.1, -0.05) is 51.9 Å². The van der Waals surface area contributed by atoms with Gasteiger partial charge in [-0.25, -0.2) is 4.98 Å². The molecular formula is C15H24BrNO. The van der Waals surface area contributed by atoms with Gasteiger partial charge in [-0.05, 0) is 34.5 Å². The van der Waals surface area contributed by atoms with Crippen LogP contribution in [0.1, 0.15) is 58.3 Å². The van der Waals surface area contributed by atoms with E-state index in [-0.39, 0.29) is 0 Å². The van der Waals surface area contributed by atoms with E-state index in [0.29, 0.717) is 0 Å². The van der Waals surface area contributed by atoms with Crippen LogP contribution in [0.5, 0.6) is 5.75 Å². The lowest BCUT2D eigenvalue weighted by Gasteiger charge is -2.07. The molecule has 3 heteroatoms. The molecule has 102 valence electrons. The zero-order valence-corrected chi connectivity index (χ0v) is 12.9. The summed E-state index contributed by atoms with van der Waals surface area (Å²) < 4.78 is 6.47. The first kappa shape index (κ1) is 15.5. The van der Waals surface area contributed by atoms with Crippen molar-refractivity contribution in [3.8, 4) is 5.75 Å². The molecule has 0 spiro atoms. The first-order chi connectivity index (χ1) is 8.84. The maximum absolute atomic E-state index is 5.67. The molecule has 0 aliphatic rings. The number of unbranched alkanes of at least 4 members (excludes halogenated alkanes) is 7. The Balaban J connectivity index is 1.94. The van der Waals surface area contributed by atoms with Gasteiger partial charge in [0.05, 0.1) is 6.61 Å². The van der Waals surface area contributed by atoms with Crippen LogP contribution in [0, 0.1) is 0 Å². The van der Waals surface area contributed by atoms with E-state index in [4.69, 9.17) is 4.74 Å². The number of pyridine rings is 1. The smallest absolute Gasteiger partial charge is 0.152 e. The molecule has 0 N–H and O–H groups in total. The van der Waals surface area contributed by atoms with E-state index in [1.165, 1.54) is 44.9 Å². The summed E-state index contributed by atoms with van der Waals surface area (Å²) in [5, 5.41) is 0. The number of aromatic nitrogens is 1. The molecule has 1 heterocycles. The molecule has 18 heavy (non-hydrogen) atoms. The number of rotatable bonds is 10. The number of ether oxygens (including phenoxy) is 1. The molecule has 0 atom stereocenters. The highest BCUT2D eigenvalue weighted by Gasteiger charge is 1.99. The van der Waals surface area contributed by atoms with Gasteiger partial charge < -0.3 is 4.74 Å². The summed E-state index contributed by atoms with van der Waals surface area (Å²) in [5.41, 5.74) is 0. The van der Waals surface area contributed by atoms with Gasteiger partial charge in [-0.3, -0.25) is 0 Å².